The van der Waals surface area contributed by atoms with Crippen molar-refractivity contribution in [1.82, 2.24) is 8.61 Å². The summed E-state index contributed by atoms with van der Waals surface area (Å²) < 4.78 is 58.3. The molecular formula is C20H21N3O7S2. The Labute approximate surface area is 185 Å². The van der Waals surface area contributed by atoms with Gasteiger partial charge in [0.2, 0.25) is 15.9 Å². The van der Waals surface area contributed by atoms with E-state index in [1.54, 1.807) is 19.1 Å². The zero-order valence-electron chi connectivity index (χ0n) is 17.1. The van der Waals surface area contributed by atoms with Crippen molar-refractivity contribution in [3.63, 3.8) is 0 Å². The minimum Gasteiger partial charge on any atom is -0.379 e. The second-order valence-corrected chi connectivity index (χ2v) is 11.1. The second-order valence-electron chi connectivity index (χ2n) is 7.36. The van der Waals surface area contributed by atoms with Crippen molar-refractivity contribution < 1.29 is 31.2 Å². The van der Waals surface area contributed by atoms with Crippen LogP contribution in [0.4, 0.5) is 5.69 Å². The van der Waals surface area contributed by atoms with E-state index in [9.17, 15) is 26.4 Å². The molecule has 0 radical (unpaired) electrons. The lowest BCUT2D eigenvalue weighted by atomic mass is 10.2. The van der Waals surface area contributed by atoms with Crippen LogP contribution < -0.4 is 5.32 Å². The van der Waals surface area contributed by atoms with Gasteiger partial charge in [-0.15, -0.1) is 0 Å². The molecule has 10 nitrogen and oxygen atoms in total. The number of benzene rings is 2. The third-order valence-corrected chi connectivity index (χ3v) is 9.09. The molecule has 0 saturated carbocycles. The van der Waals surface area contributed by atoms with Crippen LogP contribution in [-0.2, 0) is 29.6 Å². The Morgan fingerprint density at radius 1 is 1.12 bits per heavy atom. The molecule has 1 N–H and O–H groups in total. The lowest BCUT2D eigenvalue weighted by Gasteiger charge is -2.27. The third kappa shape index (κ3) is 3.90. The van der Waals surface area contributed by atoms with Gasteiger partial charge in [0.25, 0.3) is 15.9 Å². The van der Waals surface area contributed by atoms with Crippen molar-refractivity contribution in [3.05, 3.63) is 53.6 Å². The Morgan fingerprint density at radius 2 is 1.81 bits per heavy atom. The van der Waals surface area contributed by atoms with Gasteiger partial charge >= 0.3 is 0 Å². The molecule has 2 amide bonds. The van der Waals surface area contributed by atoms with E-state index in [-0.39, 0.29) is 34.1 Å². The molecule has 1 fully saturated rings. The van der Waals surface area contributed by atoms with Gasteiger partial charge in [-0.25, -0.2) is 21.1 Å². The minimum absolute atomic E-state index is 0.00882. The van der Waals surface area contributed by atoms with Crippen molar-refractivity contribution >= 4 is 37.5 Å². The molecule has 2 heterocycles. The van der Waals surface area contributed by atoms with E-state index < -0.39 is 38.4 Å². The van der Waals surface area contributed by atoms with E-state index in [1.165, 1.54) is 34.6 Å². The van der Waals surface area contributed by atoms with Gasteiger partial charge in [-0.3, -0.25) is 9.59 Å². The summed E-state index contributed by atoms with van der Waals surface area (Å²) >= 11 is 0. The van der Waals surface area contributed by atoms with E-state index in [0.29, 0.717) is 23.1 Å². The summed E-state index contributed by atoms with van der Waals surface area (Å²) in [5, 5.41) is 2.49. The molecule has 2 aromatic carbocycles. The fraction of sp³-hybridized carbons (Fsp3) is 0.300. The number of hydrogen-bond acceptors (Lipinski definition) is 7. The van der Waals surface area contributed by atoms with E-state index in [0.717, 1.165) is 0 Å². The number of carbonyl (C=O) groups excluding carboxylic acids is 2. The van der Waals surface area contributed by atoms with Crippen LogP contribution in [0.1, 0.15) is 15.9 Å². The lowest BCUT2D eigenvalue weighted by molar-refractivity contribution is -0.116. The average molecular weight is 480 g/mol. The van der Waals surface area contributed by atoms with Gasteiger partial charge in [0.05, 0.1) is 23.7 Å². The Bertz CT molecular complexity index is 1300. The number of amides is 2. The van der Waals surface area contributed by atoms with Crippen LogP contribution in [0, 0.1) is 6.92 Å². The van der Waals surface area contributed by atoms with Gasteiger partial charge < -0.3 is 10.1 Å². The number of aryl methyl sites for hydroxylation is 1. The molecule has 2 aromatic rings. The standard InChI is InChI=1S/C20H21N3O7S2/c1-14-6-7-15(12-18(14)31(26,27)22-8-10-30-11-9-22)21-19(24)13-23-20(25)16-4-2-3-5-17(16)32(23,28)29/h2-7,12H,8-11,13H2,1H3,(H,21,24). The van der Waals surface area contributed by atoms with Gasteiger partial charge in [-0.1, -0.05) is 18.2 Å². The molecule has 1 saturated heterocycles. The smallest absolute Gasteiger partial charge is 0.269 e. The first-order valence-corrected chi connectivity index (χ1v) is 12.6. The lowest BCUT2D eigenvalue weighted by Crippen LogP contribution is -2.40. The molecule has 32 heavy (non-hydrogen) atoms. The molecule has 0 atom stereocenters. The first-order chi connectivity index (χ1) is 15.1. The Balaban J connectivity index is 1.54. The van der Waals surface area contributed by atoms with Crippen LogP contribution in [0.25, 0.3) is 0 Å². The first-order valence-electron chi connectivity index (χ1n) is 9.77. The van der Waals surface area contributed by atoms with Crippen molar-refractivity contribution in [2.75, 3.05) is 38.2 Å². The Hall–Kier alpha value is -2.80. The number of sulfonamides is 2. The summed E-state index contributed by atoms with van der Waals surface area (Å²) in [6, 6.07) is 10.1. The fourth-order valence-electron chi connectivity index (χ4n) is 3.60. The normalized spacial score (nSPS) is 18.4. The molecule has 0 aliphatic carbocycles. The number of carbonyl (C=O) groups is 2. The highest BCUT2D eigenvalue weighted by Gasteiger charge is 2.41. The maximum Gasteiger partial charge on any atom is 0.269 e. The summed E-state index contributed by atoms with van der Waals surface area (Å²) in [6.45, 7) is 1.98. The van der Waals surface area contributed by atoms with E-state index in [4.69, 9.17) is 4.74 Å². The molecule has 0 aromatic heterocycles. The van der Waals surface area contributed by atoms with Crippen LogP contribution in [0.5, 0.6) is 0 Å². The first kappa shape index (κ1) is 22.4. The summed E-state index contributed by atoms with van der Waals surface area (Å²) in [4.78, 5) is 24.9. The average Bonchev–Trinajstić information content (AvgIpc) is 2.96. The van der Waals surface area contributed by atoms with E-state index in [2.05, 4.69) is 5.32 Å². The van der Waals surface area contributed by atoms with Crippen molar-refractivity contribution in [2.24, 2.45) is 0 Å². The molecule has 12 heteroatoms. The molecule has 170 valence electrons. The molecule has 0 unspecified atom stereocenters. The number of nitrogens with one attached hydrogen (secondary N) is 1. The van der Waals surface area contributed by atoms with Crippen LogP contribution in [0.15, 0.2) is 52.3 Å². The number of rotatable bonds is 5. The third-order valence-electron chi connectivity index (χ3n) is 5.26. The number of fused-ring (bicyclic) bond motifs is 1. The highest BCUT2D eigenvalue weighted by molar-refractivity contribution is 7.90. The number of hydrogen-bond donors (Lipinski definition) is 1. The number of ether oxygens (including phenoxy) is 1. The molecule has 2 aliphatic rings. The van der Waals surface area contributed by atoms with Crippen molar-refractivity contribution in [2.45, 2.75) is 16.7 Å². The predicted octanol–water partition coefficient (Wildman–Crippen LogP) is 0.799. The quantitative estimate of drug-likeness (QED) is 0.671. The summed E-state index contributed by atoms with van der Waals surface area (Å²) in [5.74, 6) is -1.55. The highest BCUT2D eigenvalue weighted by atomic mass is 32.2. The number of nitrogens with zero attached hydrogens (tertiary/aromatic N) is 2. The van der Waals surface area contributed by atoms with Gasteiger partial charge in [0.1, 0.15) is 11.4 Å². The monoisotopic (exact) mass is 479 g/mol. The number of morpholine rings is 1. The maximum absolute atomic E-state index is 13.0. The zero-order valence-corrected chi connectivity index (χ0v) is 18.8. The largest absolute Gasteiger partial charge is 0.379 e. The van der Waals surface area contributed by atoms with Gasteiger partial charge in [0.15, 0.2) is 0 Å². The van der Waals surface area contributed by atoms with Crippen molar-refractivity contribution in [1.29, 1.82) is 0 Å². The van der Waals surface area contributed by atoms with Crippen LogP contribution >= 0.6 is 0 Å². The van der Waals surface area contributed by atoms with Gasteiger partial charge in [-0.05, 0) is 36.8 Å². The summed E-state index contributed by atoms with van der Waals surface area (Å²) in [5.41, 5.74) is 0.686. The fourth-order valence-corrected chi connectivity index (χ4v) is 6.78. The SMILES string of the molecule is Cc1ccc(NC(=O)CN2C(=O)c3ccccc3S2(=O)=O)cc1S(=O)(=O)N1CCOCC1. The maximum atomic E-state index is 13.0. The van der Waals surface area contributed by atoms with Gasteiger partial charge in [-0.2, -0.15) is 4.31 Å². The van der Waals surface area contributed by atoms with Crippen LogP contribution in [-0.4, -0.2) is 70.1 Å². The summed E-state index contributed by atoms with van der Waals surface area (Å²) in [6.07, 6.45) is 0. The number of anilines is 1. The molecule has 2 aliphatic heterocycles. The molecule has 4 rings (SSSR count). The van der Waals surface area contributed by atoms with Crippen molar-refractivity contribution in [3.8, 4) is 0 Å². The Morgan fingerprint density at radius 3 is 2.50 bits per heavy atom. The van der Waals surface area contributed by atoms with Crippen LogP contribution in [0.2, 0.25) is 0 Å². The molecular weight excluding hydrogens is 458 g/mol. The van der Waals surface area contributed by atoms with Crippen LogP contribution in [0.3, 0.4) is 0 Å². The Kier molecular flexibility index (Phi) is 5.79. The topological polar surface area (TPSA) is 130 Å². The molecule has 0 spiro atoms. The zero-order chi connectivity index (χ0) is 23.1. The van der Waals surface area contributed by atoms with E-state index >= 15 is 0 Å². The summed E-state index contributed by atoms with van der Waals surface area (Å²) in [7, 11) is -7.92. The van der Waals surface area contributed by atoms with Gasteiger partial charge in [0, 0.05) is 18.8 Å². The molecule has 0 bridgehead atoms. The minimum atomic E-state index is -4.13. The highest BCUT2D eigenvalue weighted by Crippen LogP contribution is 2.30. The van der Waals surface area contributed by atoms with E-state index in [1.807, 2.05) is 0 Å². The predicted molar refractivity (Wildman–Crippen MR) is 114 cm³/mol. The second kappa shape index (κ2) is 8.28.